The van der Waals surface area contributed by atoms with E-state index in [1.54, 1.807) is 0 Å². The summed E-state index contributed by atoms with van der Waals surface area (Å²) in [6, 6.07) is 9.24. The van der Waals surface area contributed by atoms with Crippen molar-refractivity contribution in [3.05, 3.63) is 59.2 Å². The Balaban J connectivity index is 1.41. The normalized spacial score (nSPS) is 24.7. The van der Waals surface area contributed by atoms with E-state index in [-0.39, 0.29) is 30.0 Å². The lowest BCUT2D eigenvalue weighted by Crippen LogP contribution is -2.42. The molecule has 0 aromatic heterocycles. The summed E-state index contributed by atoms with van der Waals surface area (Å²) in [7, 11) is 0. The Bertz CT molecular complexity index is 836. The van der Waals surface area contributed by atoms with E-state index in [1.165, 1.54) is 16.7 Å². The smallest absolute Gasteiger partial charge is 0.223 e. The molecule has 4 heteroatoms. The van der Waals surface area contributed by atoms with Crippen LogP contribution in [0, 0.1) is 24.7 Å². The van der Waals surface area contributed by atoms with Gasteiger partial charge in [0.05, 0.1) is 6.10 Å². The van der Waals surface area contributed by atoms with E-state index in [0.29, 0.717) is 18.3 Å². The zero-order chi connectivity index (χ0) is 24.0. The van der Waals surface area contributed by atoms with Crippen molar-refractivity contribution in [2.24, 2.45) is 17.8 Å². The fourth-order valence-corrected chi connectivity index (χ4v) is 6.69. The predicted octanol–water partition coefficient (Wildman–Crippen LogP) is 6.20. The number of aliphatic hydroxyl groups excluding tert-OH is 1. The third-order valence-electron chi connectivity index (χ3n) is 7.14. The summed E-state index contributed by atoms with van der Waals surface area (Å²) in [5.41, 5.74) is 4.21. The van der Waals surface area contributed by atoms with Crippen molar-refractivity contribution in [2.45, 2.75) is 84.9 Å². The number of benzene rings is 1. The number of aliphatic hydroxyl groups is 1. The van der Waals surface area contributed by atoms with Crippen LogP contribution in [-0.2, 0) is 11.2 Å². The second-order valence-electron chi connectivity index (χ2n) is 10.5. The molecule has 0 heterocycles. The van der Waals surface area contributed by atoms with E-state index < -0.39 is 0 Å². The second kappa shape index (κ2) is 12.3. The van der Waals surface area contributed by atoms with Crippen LogP contribution in [0.1, 0.15) is 64.5 Å². The molecule has 1 amide bonds. The number of allylic oxidation sites excluding steroid dienone is 2. The lowest BCUT2D eigenvalue weighted by Gasteiger charge is -2.30. The summed E-state index contributed by atoms with van der Waals surface area (Å²) in [6.45, 7) is 10.5. The van der Waals surface area contributed by atoms with Crippen LogP contribution in [0.5, 0.6) is 0 Å². The molecule has 3 nitrogen and oxygen atoms in total. The van der Waals surface area contributed by atoms with Gasteiger partial charge in [-0.15, -0.1) is 0 Å². The summed E-state index contributed by atoms with van der Waals surface area (Å²) >= 11 is 1.88. The van der Waals surface area contributed by atoms with Gasteiger partial charge in [0.2, 0.25) is 5.91 Å². The van der Waals surface area contributed by atoms with Gasteiger partial charge in [0.1, 0.15) is 0 Å². The average Bonchev–Trinajstić information content (AvgIpc) is 3.25. The van der Waals surface area contributed by atoms with Gasteiger partial charge in [0, 0.05) is 35.9 Å². The van der Waals surface area contributed by atoms with Crippen LogP contribution in [-0.4, -0.2) is 45.6 Å². The number of hydrogen-bond donors (Lipinski definition) is 1. The number of thioether (sulfide) groups is 1. The Hall–Kier alpha value is -1.52. The van der Waals surface area contributed by atoms with Crippen molar-refractivity contribution in [3.63, 3.8) is 0 Å². The maximum absolute atomic E-state index is 12.6. The summed E-state index contributed by atoms with van der Waals surface area (Å²) in [4.78, 5) is 14.6. The van der Waals surface area contributed by atoms with Crippen LogP contribution in [0.2, 0.25) is 0 Å². The zero-order valence-electron chi connectivity index (χ0n) is 21.2. The number of amides is 1. The molecule has 0 bridgehead atoms. The quantitative estimate of drug-likeness (QED) is 0.310. The first kappa shape index (κ1) is 26.1. The van der Waals surface area contributed by atoms with Gasteiger partial charge in [-0.3, -0.25) is 4.79 Å². The third kappa shape index (κ3) is 7.23. The van der Waals surface area contributed by atoms with Crippen LogP contribution >= 0.6 is 11.8 Å². The van der Waals surface area contributed by atoms with E-state index in [2.05, 4.69) is 77.1 Å². The minimum Gasteiger partial charge on any atom is -0.392 e. The van der Waals surface area contributed by atoms with Crippen LogP contribution in [0.3, 0.4) is 0 Å². The molecule has 1 fully saturated rings. The lowest BCUT2D eigenvalue weighted by atomic mass is 9.89. The molecular weight excluding hydrogens is 426 g/mol. The second-order valence-corrected chi connectivity index (χ2v) is 11.6. The number of aryl methyl sites for hydroxylation is 2. The number of carbonyl (C=O) groups is 1. The van der Waals surface area contributed by atoms with E-state index in [4.69, 9.17) is 0 Å². The number of carbonyl (C=O) groups excluding carboxylic acids is 1. The van der Waals surface area contributed by atoms with E-state index >= 15 is 0 Å². The van der Waals surface area contributed by atoms with Crippen molar-refractivity contribution in [1.82, 2.24) is 4.90 Å². The van der Waals surface area contributed by atoms with Crippen molar-refractivity contribution >= 4 is 17.7 Å². The Morgan fingerprint density at radius 3 is 2.70 bits per heavy atom. The molecule has 3 rings (SSSR count). The molecule has 4 atom stereocenters. The molecule has 2 aliphatic carbocycles. The molecule has 0 saturated heterocycles. The number of rotatable bonds is 11. The topological polar surface area (TPSA) is 40.5 Å². The molecule has 2 aliphatic rings. The van der Waals surface area contributed by atoms with Crippen molar-refractivity contribution in [2.75, 3.05) is 11.5 Å². The molecule has 0 unspecified atom stereocenters. The molecule has 1 N–H and O–H groups in total. The Labute approximate surface area is 205 Å². The van der Waals surface area contributed by atoms with Gasteiger partial charge >= 0.3 is 0 Å². The highest BCUT2D eigenvalue weighted by Gasteiger charge is 2.43. The van der Waals surface area contributed by atoms with Gasteiger partial charge in [0.15, 0.2) is 0 Å². The summed E-state index contributed by atoms with van der Waals surface area (Å²) in [6.07, 6.45) is 11.5. The maximum atomic E-state index is 12.6. The monoisotopic (exact) mass is 469 g/mol. The van der Waals surface area contributed by atoms with Gasteiger partial charge in [-0.1, -0.05) is 53.6 Å². The molecule has 1 saturated carbocycles. The first-order valence-corrected chi connectivity index (χ1v) is 13.9. The minimum atomic E-state index is -0.212. The van der Waals surface area contributed by atoms with Gasteiger partial charge in [0.25, 0.3) is 0 Å². The first-order chi connectivity index (χ1) is 15.8. The summed E-state index contributed by atoms with van der Waals surface area (Å²) in [5, 5.41) is 10.6. The van der Waals surface area contributed by atoms with E-state index in [1.807, 2.05) is 16.7 Å². The van der Waals surface area contributed by atoms with Gasteiger partial charge < -0.3 is 10.0 Å². The maximum Gasteiger partial charge on any atom is 0.223 e. The first-order valence-electron chi connectivity index (χ1n) is 12.7. The van der Waals surface area contributed by atoms with Gasteiger partial charge in [-0.25, -0.2) is 0 Å². The molecule has 0 spiro atoms. The molecule has 1 aromatic carbocycles. The fraction of sp³-hybridized carbons (Fsp3) is 0.621. The number of nitrogens with zero attached hydrogens (tertiary/aromatic N) is 1. The molecular formula is C29H43NO2S. The largest absolute Gasteiger partial charge is 0.392 e. The van der Waals surface area contributed by atoms with Crippen LogP contribution in [0.25, 0.3) is 0 Å². The molecule has 1 aromatic rings. The highest BCUT2D eigenvalue weighted by molar-refractivity contribution is 7.99. The summed E-state index contributed by atoms with van der Waals surface area (Å²) in [5.74, 6) is 3.50. The molecule has 0 aliphatic heterocycles. The van der Waals surface area contributed by atoms with Gasteiger partial charge in [-0.2, -0.15) is 11.8 Å². The third-order valence-corrected chi connectivity index (χ3v) is 8.21. The summed E-state index contributed by atoms with van der Waals surface area (Å²) < 4.78 is 0. The Kier molecular flexibility index (Phi) is 9.69. The molecule has 182 valence electrons. The molecule has 33 heavy (non-hydrogen) atoms. The van der Waals surface area contributed by atoms with Crippen LogP contribution in [0.15, 0.2) is 48.1 Å². The van der Waals surface area contributed by atoms with Crippen molar-refractivity contribution in [1.29, 1.82) is 0 Å². The SMILES string of the molecule is Cc1cccc(CC/C=C/[C@@H]2[C@H]3CC(CSCCC(=O)N(C(C)C)C(C)C)=C[C@H]3C[C@H]2O)c1. The Morgan fingerprint density at radius 2 is 2.00 bits per heavy atom. The van der Waals surface area contributed by atoms with Crippen LogP contribution in [0.4, 0.5) is 0 Å². The standard InChI is InChI=1S/C29H43NO2S/c1-20(2)30(21(3)4)29(32)13-14-33-19-24-16-25-18-28(31)26(27(25)17-24)12-7-6-10-23-11-8-9-22(5)15-23/h7-9,11-12,15-16,20-21,25-28,31H,6,10,13-14,17-19H2,1-5H3/b12-7+/t25-,26+,27-,28+/m0/s1. The van der Waals surface area contributed by atoms with Gasteiger partial charge in [-0.05, 0) is 77.7 Å². The highest BCUT2D eigenvalue weighted by Crippen LogP contribution is 2.47. The number of hydrogen-bond acceptors (Lipinski definition) is 3. The fourth-order valence-electron chi connectivity index (χ4n) is 5.75. The minimum absolute atomic E-state index is 0.212. The average molecular weight is 470 g/mol. The van der Waals surface area contributed by atoms with Crippen molar-refractivity contribution < 1.29 is 9.90 Å². The van der Waals surface area contributed by atoms with Crippen molar-refractivity contribution in [3.8, 4) is 0 Å². The highest BCUT2D eigenvalue weighted by atomic mass is 32.2. The zero-order valence-corrected chi connectivity index (χ0v) is 22.0. The van der Waals surface area contributed by atoms with E-state index in [0.717, 1.165) is 37.2 Å². The predicted molar refractivity (Wildman–Crippen MR) is 141 cm³/mol. The molecule has 0 radical (unpaired) electrons. The van der Waals surface area contributed by atoms with E-state index in [9.17, 15) is 9.90 Å². The Morgan fingerprint density at radius 1 is 1.24 bits per heavy atom. The lowest BCUT2D eigenvalue weighted by molar-refractivity contribution is -0.134. The number of fused-ring (bicyclic) bond motifs is 1. The van der Waals surface area contributed by atoms with Crippen LogP contribution < -0.4 is 0 Å².